The molecule has 0 radical (unpaired) electrons. The van der Waals surface area contributed by atoms with E-state index in [-0.39, 0.29) is 30.3 Å². The highest BCUT2D eigenvalue weighted by Crippen LogP contribution is 2.16. The third-order valence-electron chi connectivity index (χ3n) is 5.38. The van der Waals surface area contributed by atoms with Crippen LogP contribution >= 0.6 is 0 Å². The number of nitrogens with zero attached hydrogens (tertiary/aromatic N) is 1. The van der Waals surface area contributed by atoms with Crippen molar-refractivity contribution in [2.45, 2.75) is 39.2 Å². The maximum atomic E-state index is 12.4. The van der Waals surface area contributed by atoms with Crippen LogP contribution in [0.1, 0.15) is 53.8 Å². The van der Waals surface area contributed by atoms with Gasteiger partial charge in [0.2, 0.25) is 5.91 Å². The lowest BCUT2D eigenvalue weighted by atomic mass is 10.1. The monoisotopic (exact) mass is 422 g/mol. The largest absolute Gasteiger partial charge is 0.376 e. The zero-order valence-electron chi connectivity index (χ0n) is 18.1. The van der Waals surface area contributed by atoms with E-state index in [1.165, 1.54) is 0 Å². The molecule has 0 saturated carbocycles. The summed E-state index contributed by atoms with van der Waals surface area (Å²) in [6.45, 7) is 5.65. The number of benzene rings is 2. The fourth-order valence-corrected chi connectivity index (χ4v) is 3.37. The molecule has 0 bridgehead atoms. The lowest BCUT2D eigenvalue weighted by Crippen LogP contribution is -2.31. The fraction of sp³-hybridized carbons (Fsp3) is 0.375. The lowest BCUT2D eigenvalue weighted by Gasteiger charge is -2.15. The van der Waals surface area contributed by atoms with Crippen LogP contribution in [0.5, 0.6) is 0 Å². The summed E-state index contributed by atoms with van der Waals surface area (Å²) in [6.07, 6.45) is 2.97. The Hall–Kier alpha value is -3.35. The topological polar surface area (TPSA) is 90.5 Å². The highest BCUT2D eigenvalue weighted by Gasteiger charge is 2.19. The molecule has 164 valence electrons. The highest BCUT2D eigenvalue weighted by atomic mass is 16.2. The average molecular weight is 423 g/mol. The molecule has 3 amide bonds. The molecule has 1 unspecified atom stereocenters. The van der Waals surface area contributed by atoms with Crippen molar-refractivity contribution in [1.82, 2.24) is 10.2 Å². The van der Waals surface area contributed by atoms with Gasteiger partial charge in [0.05, 0.1) is 6.54 Å². The van der Waals surface area contributed by atoms with Crippen LogP contribution in [-0.4, -0.2) is 48.3 Å². The Bertz CT molecular complexity index is 921. The maximum Gasteiger partial charge on any atom is 0.253 e. The van der Waals surface area contributed by atoms with Crippen LogP contribution in [0, 0.1) is 0 Å². The van der Waals surface area contributed by atoms with E-state index in [0.717, 1.165) is 32.4 Å². The molecule has 1 aliphatic heterocycles. The van der Waals surface area contributed by atoms with E-state index in [0.29, 0.717) is 22.5 Å². The Balaban J connectivity index is 1.50. The van der Waals surface area contributed by atoms with Gasteiger partial charge in [-0.1, -0.05) is 13.0 Å². The summed E-state index contributed by atoms with van der Waals surface area (Å²) < 4.78 is 0. The predicted octanol–water partition coefficient (Wildman–Crippen LogP) is 3.50. The Morgan fingerprint density at radius 2 is 1.68 bits per heavy atom. The maximum absolute atomic E-state index is 12.4. The quantitative estimate of drug-likeness (QED) is 0.607. The lowest BCUT2D eigenvalue weighted by molar-refractivity contribution is -0.114. The second kappa shape index (κ2) is 10.6. The van der Waals surface area contributed by atoms with Gasteiger partial charge in [-0.3, -0.25) is 14.4 Å². The van der Waals surface area contributed by atoms with Crippen molar-refractivity contribution in [1.29, 1.82) is 0 Å². The summed E-state index contributed by atoms with van der Waals surface area (Å²) in [6, 6.07) is 14.1. The minimum Gasteiger partial charge on any atom is -0.376 e. The van der Waals surface area contributed by atoms with E-state index in [9.17, 15) is 14.4 Å². The Kier molecular flexibility index (Phi) is 7.65. The van der Waals surface area contributed by atoms with Gasteiger partial charge in [0.1, 0.15) is 0 Å². The molecule has 7 nitrogen and oxygen atoms in total. The normalized spacial score (nSPS) is 14.1. The van der Waals surface area contributed by atoms with Crippen LogP contribution in [0.2, 0.25) is 0 Å². The predicted molar refractivity (Wildman–Crippen MR) is 122 cm³/mol. The molecule has 1 atom stereocenters. The summed E-state index contributed by atoms with van der Waals surface area (Å²) in [4.78, 5) is 38.8. The van der Waals surface area contributed by atoms with Gasteiger partial charge in [0.15, 0.2) is 0 Å². The van der Waals surface area contributed by atoms with Gasteiger partial charge < -0.3 is 20.9 Å². The van der Waals surface area contributed by atoms with Crippen LogP contribution < -0.4 is 16.0 Å². The Morgan fingerprint density at radius 1 is 0.968 bits per heavy atom. The first-order valence-corrected chi connectivity index (χ1v) is 10.8. The third-order valence-corrected chi connectivity index (χ3v) is 5.38. The van der Waals surface area contributed by atoms with Crippen LogP contribution in [0.3, 0.4) is 0 Å². The van der Waals surface area contributed by atoms with Crippen LogP contribution in [0.25, 0.3) is 0 Å². The molecule has 0 aromatic heterocycles. The Labute approximate surface area is 183 Å². The van der Waals surface area contributed by atoms with Crippen molar-refractivity contribution in [3.8, 4) is 0 Å². The van der Waals surface area contributed by atoms with Crippen LogP contribution in [-0.2, 0) is 4.79 Å². The number of likely N-dealkylation sites (tertiary alicyclic amines) is 1. The summed E-state index contributed by atoms with van der Waals surface area (Å²) in [7, 11) is 0. The molecule has 3 N–H and O–H groups in total. The SMILES string of the molecule is CCC(C)NC(=O)c1cccc(NCC(=O)Nc2ccc(C(=O)N3CCCC3)cc2)c1. The second-order valence-electron chi connectivity index (χ2n) is 7.84. The van der Waals surface area contributed by atoms with Crippen molar-refractivity contribution in [2.75, 3.05) is 30.3 Å². The first-order chi connectivity index (χ1) is 15.0. The molecule has 1 fully saturated rings. The number of carbonyl (C=O) groups excluding carboxylic acids is 3. The molecule has 1 saturated heterocycles. The summed E-state index contributed by atoms with van der Waals surface area (Å²) in [5.41, 5.74) is 2.50. The van der Waals surface area contributed by atoms with Gasteiger partial charge in [-0.25, -0.2) is 0 Å². The minimum absolute atomic E-state index is 0.0364. The molecule has 3 rings (SSSR count). The second-order valence-corrected chi connectivity index (χ2v) is 7.84. The molecular formula is C24H30N4O3. The number of hydrogen-bond donors (Lipinski definition) is 3. The molecule has 0 aliphatic carbocycles. The number of nitrogens with one attached hydrogen (secondary N) is 3. The molecular weight excluding hydrogens is 392 g/mol. The number of anilines is 2. The zero-order chi connectivity index (χ0) is 22.2. The molecule has 1 aliphatic rings. The van der Waals surface area contributed by atoms with Crippen molar-refractivity contribution in [3.63, 3.8) is 0 Å². The van der Waals surface area contributed by atoms with Gasteiger partial charge in [-0.05, 0) is 68.7 Å². The summed E-state index contributed by atoms with van der Waals surface area (Å²) in [5, 5.41) is 8.78. The van der Waals surface area contributed by atoms with Gasteiger partial charge >= 0.3 is 0 Å². The van der Waals surface area contributed by atoms with E-state index in [2.05, 4.69) is 16.0 Å². The van der Waals surface area contributed by atoms with E-state index in [1.807, 2.05) is 24.8 Å². The molecule has 31 heavy (non-hydrogen) atoms. The summed E-state index contributed by atoms with van der Waals surface area (Å²) >= 11 is 0. The number of carbonyl (C=O) groups is 3. The van der Waals surface area contributed by atoms with Gasteiger partial charge in [0.25, 0.3) is 11.8 Å². The van der Waals surface area contributed by atoms with Crippen molar-refractivity contribution in [2.24, 2.45) is 0 Å². The summed E-state index contributed by atoms with van der Waals surface area (Å²) in [5.74, 6) is -0.312. The standard InChI is InChI=1S/C24H30N4O3/c1-3-17(2)26-23(30)19-7-6-8-21(15-19)25-16-22(29)27-20-11-9-18(10-12-20)24(31)28-13-4-5-14-28/h6-12,15,17,25H,3-5,13-14,16H2,1-2H3,(H,26,30)(H,27,29). The van der Waals surface area contributed by atoms with E-state index >= 15 is 0 Å². The smallest absolute Gasteiger partial charge is 0.253 e. The van der Waals surface area contributed by atoms with Crippen LogP contribution in [0.15, 0.2) is 48.5 Å². The van der Waals surface area contributed by atoms with Gasteiger partial charge in [-0.15, -0.1) is 0 Å². The van der Waals surface area contributed by atoms with Crippen molar-refractivity contribution in [3.05, 3.63) is 59.7 Å². The molecule has 7 heteroatoms. The number of hydrogen-bond acceptors (Lipinski definition) is 4. The molecule has 2 aromatic carbocycles. The van der Waals surface area contributed by atoms with E-state index in [4.69, 9.17) is 0 Å². The van der Waals surface area contributed by atoms with Crippen LogP contribution in [0.4, 0.5) is 11.4 Å². The fourth-order valence-electron chi connectivity index (χ4n) is 3.37. The molecule has 2 aromatic rings. The first-order valence-electron chi connectivity index (χ1n) is 10.8. The van der Waals surface area contributed by atoms with E-state index < -0.39 is 0 Å². The average Bonchev–Trinajstić information content (AvgIpc) is 3.33. The zero-order valence-corrected chi connectivity index (χ0v) is 18.1. The highest BCUT2D eigenvalue weighted by molar-refractivity contribution is 5.97. The van der Waals surface area contributed by atoms with Gasteiger partial charge in [-0.2, -0.15) is 0 Å². The molecule has 0 spiro atoms. The van der Waals surface area contributed by atoms with Crippen molar-refractivity contribution >= 4 is 29.1 Å². The number of rotatable bonds is 8. The Morgan fingerprint density at radius 3 is 2.35 bits per heavy atom. The van der Waals surface area contributed by atoms with Crippen molar-refractivity contribution < 1.29 is 14.4 Å². The first kappa shape index (κ1) is 22.3. The molecule has 1 heterocycles. The third kappa shape index (κ3) is 6.31. The number of amides is 3. The minimum atomic E-state index is -0.215. The van der Waals surface area contributed by atoms with E-state index in [1.54, 1.807) is 42.5 Å². The van der Waals surface area contributed by atoms with Gasteiger partial charge in [0, 0.05) is 41.6 Å².